The summed E-state index contributed by atoms with van der Waals surface area (Å²) in [5, 5.41) is 34.7. The van der Waals surface area contributed by atoms with Gasteiger partial charge in [-0.3, -0.25) is 9.59 Å². The summed E-state index contributed by atoms with van der Waals surface area (Å²) in [4.78, 5) is 28.6. The minimum Gasteiger partial charge on any atom is -0.459 e. The van der Waals surface area contributed by atoms with Gasteiger partial charge in [0.15, 0.2) is 12.6 Å². The first-order chi connectivity index (χ1) is 24.5. The number of rotatable bonds is 10. The first-order valence-corrected chi connectivity index (χ1v) is 19.5. The van der Waals surface area contributed by atoms with Crippen LogP contribution in [0.2, 0.25) is 0 Å². The number of hydrogen-bond donors (Lipinski definition) is 3. The van der Waals surface area contributed by atoms with Crippen LogP contribution in [-0.2, 0) is 47.5 Å². The number of carbonyl (C=O) groups is 2. The van der Waals surface area contributed by atoms with Crippen molar-refractivity contribution in [2.24, 2.45) is 23.7 Å². The Morgan fingerprint density at radius 1 is 1.04 bits per heavy atom. The maximum Gasteiger partial charge on any atom is 0.311 e. The van der Waals surface area contributed by atoms with Crippen molar-refractivity contribution in [1.29, 1.82) is 0 Å². The second-order valence-corrected chi connectivity index (χ2v) is 17.3. The molecule has 4 saturated heterocycles. The van der Waals surface area contributed by atoms with Crippen LogP contribution in [0.1, 0.15) is 102 Å². The second-order valence-electron chi connectivity index (χ2n) is 17.3. The van der Waals surface area contributed by atoms with E-state index in [2.05, 4.69) is 6.92 Å². The lowest BCUT2D eigenvalue weighted by atomic mass is 9.76. The maximum absolute atomic E-state index is 14.5. The van der Waals surface area contributed by atoms with Crippen molar-refractivity contribution >= 4 is 11.9 Å². The number of hydrogen-bond acceptors (Lipinski definition) is 14. The minimum absolute atomic E-state index is 0.0904. The number of ether oxygens (including phenoxy) is 8. The van der Waals surface area contributed by atoms with Crippen LogP contribution in [0.15, 0.2) is 0 Å². The van der Waals surface area contributed by atoms with Gasteiger partial charge in [-0.2, -0.15) is 0 Å². The highest BCUT2D eigenvalue weighted by Crippen LogP contribution is 2.48. The standard InChI is InChI=1S/C39H69NO13/c1-15-27(49-25(8)41)39(11,45)34-21(4)30-19(2)17-38(10,53-30)33(52-36-29(42)26(40(12)13)16-20(3)47-36)22(5)31(23(6)35(44)51-34)50-28-18-37(9,46-14)32(43)24(7)48-28/h19-24,26-34,36,42-43,45H,15-18H2,1-14H3/t19-,20-,21+,22+,23-,24+,26+,27-,28+,29-,30+,31+,32+,33-,34-,36+,37-,38-,39-/m1/s1. The summed E-state index contributed by atoms with van der Waals surface area (Å²) < 4.78 is 50.9. The van der Waals surface area contributed by atoms with Gasteiger partial charge in [0.2, 0.25) is 0 Å². The fourth-order valence-electron chi connectivity index (χ4n) is 9.60. The number of cyclic esters (lactones) is 1. The van der Waals surface area contributed by atoms with Crippen LogP contribution in [-0.4, -0.2) is 144 Å². The lowest BCUT2D eigenvalue weighted by molar-refractivity contribution is -0.318. The highest BCUT2D eigenvalue weighted by atomic mass is 16.7. The lowest BCUT2D eigenvalue weighted by Crippen LogP contribution is -2.60. The molecule has 19 atom stereocenters. The average molecular weight is 760 g/mol. The molecule has 0 saturated carbocycles. The summed E-state index contributed by atoms with van der Waals surface area (Å²) in [5.41, 5.74) is -3.78. The van der Waals surface area contributed by atoms with E-state index in [1.54, 1.807) is 27.7 Å². The van der Waals surface area contributed by atoms with Crippen molar-refractivity contribution in [3.8, 4) is 0 Å². The van der Waals surface area contributed by atoms with Crippen LogP contribution >= 0.6 is 0 Å². The first-order valence-electron chi connectivity index (χ1n) is 19.5. The van der Waals surface area contributed by atoms with Gasteiger partial charge in [-0.25, -0.2) is 0 Å². The molecule has 0 amide bonds. The van der Waals surface area contributed by atoms with Crippen LogP contribution in [0.5, 0.6) is 0 Å². The Balaban J connectivity index is 1.84. The molecular weight excluding hydrogens is 690 g/mol. The molecule has 4 aliphatic rings. The van der Waals surface area contributed by atoms with Gasteiger partial charge in [0.05, 0.1) is 47.6 Å². The van der Waals surface area contributed by atoms with Crippen molar-refractivity contribution in [1.82, 2.24) is 4.90 Å². The molecule has 0 spiro atoms. The van der Waals surface area contributed by atoms with E-state index in [4.69, 9.17) is 37.9 Å². The first kappa shape index (κ1) is 44.3. The van der Waals surface area contributed by atoms with E-state index in [1.165, 1.54) is 21.0 Å². The number of carbonyl (C=O) groups excluding carboxylic acids is 2. The predicted octanol–water partition coefficient (Wildman–Crippen LogP) is 3.19. The Bertz CT molecular complexity index is 1250. The third kappa shape index (κ3) is 9.08. The Hall–Kier alpha value is -1.46. The number of nitrogens with zero attached hydrogens (tertiary/aromatic N) is 1. The average Bonchev–Trinajstić information content (AvgIpc) is 3.39. The molecule has 14 heteroatoms. The van der Waals surface area contributed by atoms with Crippen molar-refractivity contribution in [2.75, 3.05) is 21.2 Å². The molecule has 14 nitrogen and oxygen atoms in total. The third-order valence-electron chi connectivity index (χ3n) is 12.6. The second kappa shape index (κ2) is 17.0. The quantitative estimate of drug-likeness (QED) is 0.278. The fourth-order valence-corrected chi connectivity index (χ4v) is 9.60. The van der Waals surface area contributed by atoms with Crippen molar-refractivity contribution < 1.29 is 62.8 Å². The fraction of sp³-hybridized carbons (Fsp3) is 0.949. The van der Waals surface area contributed by atoms with Crippen LogP contribution < -0.4 is 0 Å². The Morgan fingerprint density at radius 3 is 2.25 bits per heavy atom. The van der Waals surface area contributed by atoms with Crippen LogP contribution in [0, 0.1) is 23.7 Å². The zero-order valence-corrected chi connectivity index (χ0v) is 34.4. The van der Waals surface area contributed by atoms with Crippen molar-refractivity contribution in [3.63, 3.8) is 0 Å². The molecule has 0 aliphatic carbocycles. The molecule has 4 heterocycles. The molecule has 3 N–H and O–H groups in total. The van der Waals surface area contributed by atoms with E-state index < -0.39 is 108 Å². The number of fused-ring (bicyclic) bond motifs is 2. The van der Waals surface area contributed by atoms with Crippen LogP contribution in [0.3, 0.4) is 0 Å². The number of aliphatic hydroxyl groups is 3. The third-order valence-corrected chi connectivity index (χ3v) is 12.6. The van der Waals surface area contributed by atoms with Gasteiger partial charge in [0, 0.05) is 38.3 Å². The molecule has 4 rings (SSSR count). The summed E-state index contributed by atoms with van der Waals surface area (Å²) in [7, 11) is 5.35. The van der Waals surface area contributed by atoms with Gasteiger partial charge in [-0.15, -0.1) is 0 Å². The molecule has 0 unspecified atom stereocenters. The Labute approximate surface area is 316 Å². The lowest BCUT2D eigenvalue weighted by Gasteiger charge is -2.48. The van der Waals surface area contributed by atoms with Gasteiger partial charge in [0.1, 0.15) is 30.0 Å². The molecule has 4 aliphatic heterocycles. The Kier molecular flexibility index (Phi) is 14.2. The van der Waals surface area contributed by atoms with E-state index in [-0.39, 0.29) is 30.9 Å². The topological polar surface area (TPSA) is 172 Å². The maximum atomic E-state index is 14.5. The SMILES string of the molecule is CC[C@@H](OC(C)=O)[C@@](C)(O)[C@@H]1OC(=O)[C@H](C)[C@@H](O[C@H]2C[C@@](C)(OC)[C@@H](O)[C@H](C)O2)[C@H](C)[C@@H](O[C@@H]2O[C@H](C)C[C@H](N(C)C)[C@H]2O)[C@@]2(C)C[C@@H](C)[C@H](O2)[C@@H]1C. The summed E-state index contributed by atoms with van der Waals surface area (Å²) in [6.07, 6.45) is -7.42. The van der Waals surface area contributed by atoms with E-state index in [9.17, 15) is 24.9 Å². The van der Waals surface area contributed by atoms with E-state index in [0.29, 0.717) is 12.8 Å². The van der Waals surface area contributed by atoms with E-state index in [0.717, 1.165) is 0 Å². The van der Waals surface area contributed by atoms with Crippen LogP contribution in [0.25, 0.3) is 0 Å². The minimum atomic E-state index is -1.79. The van der Waals surface area contributed by atoms with Gasteiger partial charge in [-0.1, -0.05) is 27.7 Å². The van der Waals surface area contributed by atoms with Crippen molar-refractivity contribution in [2.45, 2.75) is 192 Å². The highest BCUT2D eigenvalue weighted by molar-refractivity contribution is 5.73. The summed E-state index contributed by atoms with van der Waals surface area (Å²) >= 11 is 0. The van der Waals surface area contributed by atoms with E-state index >= 15 is 0 Å². The van der Waals surface area contributed by atoms with E-state index in [1.807, 2.05) is 46.7 Å². The number of esters is 2. The molecule has 308 valence electrons. The zero-order chi connectivity index (χ0) is 40.0. The predicted molar refractivity (Wildman–Crippen MR) is 193 cm³/mol. The number of likely N-dealkylation sites (N-methyl/N-ethyl adjacent to an activating group) is 1. The number of aliphatic hydroxyl groups excluding tert-OH is 2. The Morgan fingerprint density at radius 2 is 1.68 bits per heavy atom. The largest absolute Gasteiger partial charge is 0.459 e. The zero-order valence-electron chi connectivity index (χ0n) is 34.4. The summed E-state index contributed by atoms with van der Waals surface area (Å²) in [6, 6.07) is -0.228. The van der Waals surface area contributed by atoms with Gasteiger partial charge in [0.25, 0.3) is 0 Å². The van der Waals surface area contributed by atoms with Gasteiger partial charge < -0.3 is 58.1 Å². The number of methoxy groups -OCH3 is 1. The molecule has 4 fully saturated rings. The van der Waals surface area contributed by atoms with Gasteiger partial charge >= 0.3 is 11.9 Å². The highest BCUT2D eigenvalue weighted by Gasteiger charge is 2.59. The van der Waals surface area contributed by atoms with Crippen LogP contribution in [0.4, 0.5) is 0 Å². The summed E-state index contributed by atoms with van der Waals surface area (Å²) in [6.45, 7) is 19.6. The molecular formula is C39H69NO13. The molecule has 0 radical (unpaired) electrons. The molecule has 0 aromatic rings. The molecule has 0 aromatic carbocycles. The smallest absolute Gasteiger partial charge is 0.311 e. The molecule has 0 aromatic heterocycles. The summed E-state index contributed by atoms with van der Waals surface area (Å²) in [5.74, 6) is -3.38. The van der Waals surface area contributed by atoms with Gasteiger partial charge in [-0.05, 0) is 80.8 Å². The molecule has 53 heavy (non-hydrogen) atoms. The monoisotopic (exact) mass is 759 g/mol. The van der Waals surface area contributed by atoms with Crippen molar-refractivity contribution in [3.05, 3.63) is 0 Å². The normalized spacial score (nSPS) is 47.3. The molecule has 2 bridgehead atoms.